The van der Waals surface area contributed by atoms with Crippen LogP contribution in [0.5, 0.6) is 0 Å². The molecule has 0 radical (unpaired) electrons. The molecule has 118 valence electrons. The van der Waals surface area contributed by atoms with Crippen LogP contribution in [0.25, 0.3) is 16.6 Å². The minimum atomic E-state index is -0.476. The fraction of sp³-hybridized carbons (Fsp3) is 0.0625. The molecule has 1 aromatic carbocycles. The molecule has 0 atom stereocenters. The first-order valence-electron chi connectivity index (χ1n) is 7.28. The SMILES string of the molecule is O=C(NCc1ccccn1)c1nnn2c1c(=O)[nH]c1ccccc12. The van der Waals surface area contributed by atoms with Gasteiger partial charge in [-0.2, -0.15) is 0 Å². The second kappa shape index (κ2) is 5.58. The quantitative estimate of drug-likeness (QED) is 0.583. The number of amides is 1. The number of nitrogens with zero attached hydrogens (tertiary/aromatic N) is 4. The van der Waals surface area contributed by atoms with Gasteiger partial charge in [-0.25, -0.2) is 4.52 Å². The zero-order valence-electron chi connectivity index (χ0n) is 12.4. The van der Waals surface area contributed by atoms with Crippen molar-refractivity contribution in [1.82, 2.24) is 30.1 Å². The first-order valence-corrected chi connectivity index (χ1v) is 7.28. The second-order valence-electron chi connectivity index (χ2n) is 5.17. The molecule has 0 aliphatic rings. The summed E-state index contributed by atoms with van der Waals surface area (Å²) in [4.78, 5) is 31.5. The van der Waals surface area contributed by atoms with Gasteiger partial charge in [-0.3, -0.25) is 14.6 Å². The molecule has 8 nitrogen and oxygen atoms in total. The van der Waals surface area contributed by atoms with E-state index in [4.69, 9.17) is 0 Å². The summed E-state index contributed by atoms with van der Waals surface area (Å²) in [5, 5.41) is 10.5. The second-order valence-corrected chi connectivity index (χ2v) is 5.17. The highest BCUT2D eigenvalue weighted by Gasteiger charge is 2.19. The summed E-state index contributed by atoms with van der Waals surface area (Å²) in [7, 11) is 0. The molecule has 0 bridgehead atoms. The summed E-state index contributed by atoms with van der Waals surface area (Å²) < 4.78 is 1.38. The lowest BCUT2D eigenvalue weighted by atomic mass is 10.2. The number of pyridine rings is 1. The maximum atomic E-state index is 12.4. The Morgan fingerprint density at radius 3 is 2.83 bits per heavy atom. The van der Waals surface area contributed by atoms with Crippen molar-refractivity contribution < 1.29 is 4.79 Å². The minimum Gasteiger partial charge on any atom is -0.345 e. The molecule has 0 spiro atoms. The molecule has 2 N–H and O–H groups in total. The van der Waals surface area contributed by atoms with E-state index in [9.17, 15) is 9.59 Å². The molecule has 24 heavy (non-hydrogen) atoms. The highest BCUT2D eigenvalue weighted by molar-refractivity contribution is 5.99. The first kappa shape index (κ1) is 14.1. The van der Waals surface area contributed by atoms with E-state index in [1.807, 2.05) is 18.2 Å². The average molecular weight is 320 g/mol. The minimum absolute atomic E-state index is 0.0158. The molecular weight excluding hydrogens is 308 g/mol. The molecular formula is C16H12N6O2. The van der Waals surface area contributed by atoms with Crippen LogP contribution >= 0.6 is 0 Å². The Balaban J connectivity index is 1.73. The van der Waals surface area contributed by atoms with Crippen molar-refractivity contribution in [3.63, 3.8) is 0 Å². The van der Waals surface area contributed by atoms with Crippen molar-refractivity contribution in [3.8, 4) is 0 Å². The standard InChI is InChI=1S/C16H12N6O2/c23-15(18-9-10-5-3-4-8-17-10)13-14-16(24)19-11-6-1-2-7-12(11)22(14)21-20-13/h1-8H,9H2,(H,18,23)(H,19,24). The Morgan fingerprint density at radius 1 is 1.17 bits per heavy atom. The molecule has 3 aromatic heterocycles. The monoisotopic (exact) mass is 320 g/mol. The number of hydrogen-bond acceptors (Lipinski definition) is 5. The Labute approximate surface area is 135 Å². The normalized spacial score (nSPS) is 11.0. The van der Waals surface area contributed by atoms with Gasteiger partial charge in [-0.15, -0.1) is 5.10 Å². The van der Waals surface area contributed by atoms with Crippen LogP contribution in [0.1, 0.15) is 16.2 Å². The summed E-state index contributed by atoms with van der Waals surface area (Å²) in [5.74, 6) is -0.476. The van der Waals surface area contributed by atoms with Crippen LogP contribution in [0.15, 0.2) is 53.5 Å². The van der Waals surface area contributed by atoms with Gasteiger partial charge in [0.15, 0.2) is 11.2 Å². The van der Waals surface area contributed by atoms with Crippen molar-refractivity contribution in [2.75, 3.05) is 0 Å². The number of para-hydroxylation sites is 2. The van der Waals surface area contributed by atoms with E-state index in [2.05, 4.69) is 25.6 Å². The van der Waals surface area contributed by atoms with Crippen molar-refractivity contribution in [3.05, 3.63) is 70.4 Å². The number of H-pyrrole nitrogens is 1. The van der Waals surface area contributed by atoms with Gasteiger partial charge < -0.3 is 10.3 Å². The molecule has 4 rings (SSSR count). The van der Waals surface area contributed by atoms with Crippen molar-refractivity contribution in [2.45, 2.75) is 6.54 Å². The van der Waals surface area contributed by atoms with Crippen LogP contribution in [0.3, 0.4) is 0 Å². The van der Waals surface area contributed by atoms with Crippen molar-refractivity contribution >= 4 is 22.5 Å². The number of aromatic nitrogens is 5. The maximum absolute atomic E-state index is 12.4. The van der Waals surface area contributed by atoms with Crippen LogP contribution in [-0.4, -0.2) is 30.7 Å². The lowest BCUT2D eigenvalue weighted by molar-refractivity contribution is 0.0947. The number of rotatable bonds is 3. The maximum Gasteiger partial charge on any atom is 0.277 e. The number of carbonyl (C=O) groups is 1. The highest BCUT2D eigenvalue weighted by atomic mass is 16.2. The lowest BCUT2D eigenvalue weighted by Crippen LogP contribution is -2.25. The van der Waals surface area contributed by atoms with Gasteiger partial charge in [-0.05, 0) is 24.3 Å². The molecule has 4 aromatic rings. The van der Waals surface area contributed by atoms with Gasteiger partial charge in [-0.1, -0.05) is 23.4 Å². The number of benzene rings is 1. The average Bonchev–Trinajstić information content (AvgIpc) is 3.07. The highest BCUT2D eigenvalue weighted by Crippen LogP contribution is 2.12. The van der Waals surface area contributed by atoms with E-state index in [0.29, 0.717) is 16.7 Å². The summed E-state index contributed by atoms with van der Waals surface area (Å²) in [6.45, 7) is 0.240. The Bertz CT molecular complexity index is 1100. The molecule has 0 aliphatic heterocycles. The number of aromatic amines is 1. The Kier molecular flexibility index (Phi) is 3.27. The predicted molar refractivity (Wildman–Crippen MR) is 86.5 cm³/mol. The number of nitrogens with one attached hydrogen (secondary N) is 2. The zero-order valence-corrected chi connectivity index (χ0v) is 12.4. The van der Waals surface area contributed by atoms with Crippen molar-refractivity contribution in [1.29, 1.82) is 0 Å². The molecule has 0 unspecified atom stereocenters. The molecule has 0 saturated carbocycles. The summed E-state index contributed by atoms with van der Waals surface area (Å²) in [6, 6.07) is 12.6. The van der Waals surface area contributed by atoms with Crippen molar-refractivity contribution in [2.24, 2.45) is 0 Å². The summed E-state index contributed by atoms with van der Waals surface area (Å²) in [6.07, 6.45) is 1.64. The molecule has 8 heteroatoms. The van der Waals surface area contributed by atoms with E-state index >= 15 is 0 Å². The zero-order chi connectivity index (χ0) is 16.5. The van der Waals surface area contributed by atoms with E-state index in [-0.39, 0.29) is 17.8 Å². The van der Waals surface area contributed by atoms with Crippen LogP contribution in [0.2, 0.25) is 0 Å². The van der Waals surface area contributed by atoms with E-state index in [1.165, 1.54) is 4.52 Å². The number of hydrogen-bond donors (Lipinski definition) is 2. The van der Waals surface area contributed by atoms with E-state index in [1.54, 1.807) is 30.5 Å². The summed E-state index contributed by atoms with van der Waals surface area (Å²) >= 11 is 0. The molecule has 0 saturated heterocycles. The van der Waals surface area contributed by atoms with Gasteiger partial charge in [0.2, 0.25) is 0 Å². The summed E-state index contributed by atoms with van der Waals surface area (Å²) in [5.41, 5.74) is 1.69. The van der Waals surface area contributed by atoms with Gasteiger partial charge >= 0.3 is 0 Å². The van der Waals surface area contributed by atoms with Crippen LogP contribution in [0, 0.1) is 0 Å². The molecule has 0 aliphatic carbocycles. The van der Waals surface area contributed by atoms with Crippen LogP contribution in [0.4, 0.5) is 0 Å². The topological polar surface area (TPSA) is 105 Å². The smallest absolute Gasteiger partial charge is 0.277 e. The fourth-order valence-electron chi connectivity index (χ4n) is 2.51. The van der Waals surface area contributed by atoms with Gasteiger partial charge in [0.05, 0.1) is 23.3 Å². The van der Waals surface area contributed by atoms with E-state index < -0.39 is 11.5 Å². The first-order chi connectivity index (χ1) is 11.7. The molecule has 1 amide bonds. The largest absolute Gasteiger partial charge is 0.345 e. The predicted octanol–water partition coefficient (Wildman–Crippen LogP) is 0.896. The van der Waals surface area contributed by atoms with Gasteiger partial charge in [0.1, 0.15) is 0 Å². The number of fused-ring (bicyclic) bond motifs is 3. The Morgan fingerprint density at radius 2 is 2.00 bits per heavy atom. The number of carbonyl (C=O) groups excluding carboxylic acids is 1. The third-order valence-electron chi connectivity index (χ3n) is 3.64. The third-order valence-corrected chi connectivity index (χ3v) is 3.64. The van der Waals surface area contributed by atoms with Gasteiger partial charge in [0, 0.05) is 6.20 Å². The van der Waals surface area contributed by atoms with E-state index in [0.717, 1.165) is 0 Å². The molecule has 0 fully saturated rings. The lowest BCUT2D eigenvalue weighted by Gasteiger charge is -2.03. The fourth-order valence-corrected chi connectivity index (χ4v) is 2.51. The molecule has 3 heterocycles. The van der Waals surface area contributed by atoms with Gasteiger partial charge in [0.25, 0.3) is 11.5 Å². The van der Waals surface area contributed by atoms with Crippen LogP contribution in [-0.2, 0) is 6.54 Å². The van der Waals surface area contributed by atoms with Crippen LogP contribution < -0.4 is 10.9 Å². The third kappa shape index (κ3) is 2.30. The Hall–Kier alpha value is -3.55.